The normalized spacial score (nSPS) is 10.5. The van der Waals surface area contributed by atoms with Crippen LogP contribution in [0.15, 0.2) is 42.5 Å². The summed E-state index contributed by atoms with van der Waals surface area (Å²) in [5, 5.41) is 6.25. The van der Waals surface area contributed by atoms with Gasteiger partial charge in [-0.3, -0.25) is 4.79 Å². The lowest BCUT2D eigenvalue weighted by Crippen LogP contribution is -2.22. The first kappa shape index (κ1) is 16.2. The molecule has 3 heteroatoms. The first-order chi connectivity index (χ1) is 10.6. The van der Waals surface area contributed by atoms with Gasteiger partial charge in [0.05, 0.1) is 0 Å². The molecule has 22 heavy (non-hydrogen) atoms. The molecule has 0 saturated heterocycles. The summed E-state index contributed by atoms with van der Waals surface area (Å²) in [6.07, 6.45) is 0. The maximum absolute atomic E-state index is 11.7. The monoisotopic (exact) mass is 296 g/mol. The molecular formula is C19H24N2O. The van der Waals surface area contributed by atoms with Crippen molar-refractivity contribution in [3.8, 4) is 0 Å². The predicted molar refractivity (Wildman–Crippen MR) is 90.9 cm³/mol. The van der Waals surface area contributed by atoms with Crippen LogP contribution in [-0.2, 0) is 13.1 Å². The molecule has 0 aliphatic rings. The first-order valence-corrected chi connectivity index (χ1v) is 7.73. The van der Waals surface area contributed by atoms with Crippen molar-refractivity contribution in [3.05, 3.63) is 70.3 Å². The number of carbonyl (C=O) groups is 1. The zero-order valence-electron chi connectivity index (χ0n) is 13.6. The Balaban J connectivity index is 1.88. The fourth-order valence-electron chi connectivity index (χ4n) is 2.56. The van der Waals surface area contributed by atoms with Gasteiger partial charge in [-0.2, -0.15) is 0 Å². The minimum Gasteiger partial charge on any atom is -0.352 e. The SMILES string of the molecule is CCNC(=O)c1ccc(CNCc2cc(C)cc(C)c2)cc1. The molecule has 2 N–H and O–H groups in total. The number of nitrogens with one attached hydrogen (secondary N) is 2. The van der Waals surface area contributed by atoms with Crippen molar-refractivity contribution in [1.82, 2.24) is 10.6 Å². The van der Waals surface area contributed by atoms with Gasteiger partial charge in [0.1, 0.15) is 0 Å². The highest BCUT2D eigenvalue weighted by molar-refractivity contribution is 5.94. The Morgan fingerprint density at radius 3 is 2.09 bits per heavy atom. The van der Waals surface area contributed by atoms with Crippen LogP contribution in [0.1, 0.15) is 39.5 Å². The van der Waals surface area contributed by atoms with Crippen molar-refractivity contribution in [3.63, 3.8) is 0 Å². The average Bonchev–Trinajstić information content (AvgIpc) is 2.47. The summed E-state index contributed by atoms with van der Waals surface area (Å²) in [5.41, 5.74) is 5.78. The molecule has 0 heterocycles. The van der Waals surface area contributed by atoms with Crippen LogP contribution >= 0.6 is 0 Å². The Hall–Kier alpha value is -2.13. The third kappa shape index (κ3) is 4.71. The van der Waals surface area contributed by atoms with Crippen LogP contribution in [0.5, 0.6) is 0 Å². The number of hydrogen-bond donors (Lipinski definition) is 2. The molecular weight excluding hydrogens is 272 g/mol. The summed E-state index contributed by atoms with van der Waals surface area (Å²) >= 11 is 0. The molecule has 0 fully saturated rings. The van der Waals surface area contributed by atoms with Gasteiger partial charge in [0.15, 0.2) is 0 Å². The first-order valence-electron chi connectivity index (χ1n) is 7.73. The van der Waals surface area contributed by atoms with Gasteiger partial charge in [-0.25, -0.2) is 0 Å². The highest BCUT2D eigenvalue weighted by Gasteiger charge is 2.03. The number of benzene rings is 2. The molecule has 0 aliphatic heterocycles. The van der Waals surface area contributed by atoms with Gasteiger partial charge in [0, 0.05) is 25.2 Å². The van der Waals surface area contributed by atoms with E-state index in [9.17, 15) is 4.79 Å². The number of aryl methyl sites for hydroxylation is 2. The Bertz CT molecular complexity index is 612. The lowest BCUT2D eigenvalue weighted by Gasteiger charge is -2.08. The molecule has 2 aromatic carbocycles. The Kier molecular flexibility index (Phi) is 5.73. The van der Waals surface area contributed by atoms with Gasteiger partial charge in [-0.15, -0.1) is 0 Å². The van der Waals surface area contributed by atoms with Crippen LogP contribution in [0.4, 0.5) is 0 Å². The quantitative estimate of drug-likeness (QED) is 0.858. The van der Waals surface area contributed by atoms with Gasteiger partial charge >= 0.3 is 0 Å². The summed E-state index contributed by atoms with van der Waals surface area (Å²) < 4.78 is 0. The molecule has 0 spiro atoms. The van der Waals surface area contributed by atoms with Crippen LogP contribution in [0, 0.1) is 13.8 Å². The zero-order chi connectivity index (χ0) is 15.9. The molecule has 2 aromatic rings. The molecule has 0 aromatic heterocycles. The molecule has 116 valence electrons. The van der Waals surface area contributed by atoms with Crippen molar-refractivity contribution in [2.45, 2.75) is 33.9 Å². The molecule has 3 nitrogen and oxygen atoms in total. The van der Waals surface area contributed by atoms with Crippen molar-refractivity contribution >= 4 is 5.91 Å². The third-order valence-corrected chi connectivity index (χ3v) is 3.49. The van der Waals surface area contributed by atoms with Gasteiger partial charge in [0.2, 0.25) is 0 Å². The zero-order valence-corrected chi connectivity index (χ0v) is 13.6. The van der Waals surface area contributed by atoms with Gasteiger partial charge in [0.25, 0.3) is 5.91 Å². The lowest BCUT2D eigenvalue weighted by molar-refractivity contribution is 0.0956. The Labute approximate surface area is 132 Å². The van der Waals surface area contributed by atoms with Crippen molar-refractivity contribution < 1.29 is 4.79 Å². The summed E-state index contributed by atoms with van der Waals surface area (Å²) in [7, 11) is 0. The smallest absolute Gasteiger partial charge is 0.251 e. The maximum atomic E-state index is 11.7. The highest BCUT2D eigenvalue weighted by atomic mass is 16.1. The Morgan fingerprint density at radius 2 is 1.50 bits per heavy atom. The largest absolute Gasteiger partial charge is 0.352 e. The fraction of sp³-hybridized carbons (Fsp3) is 0.316. The van der Waals surface area contributed by atoms with Gasteiger partial charge in [-0.1, -0.05) is 41.5 Å². The van der Waals surface area contributed by atoms with E-state index in [-0.39, 0.29) is 5.91 Å². The summed E-state index contributed by atoms with van der Waals surface area (Å²) in [6.45, 7) is 8.46. The molecule has 0 unspecified atom stereocenters. The number of hydrogen-bond acceptors (Lipinski definition) is 2. The number of carbonyl (C=O) groups excluding carboxylic acids is 1. The van der Waals surface area contributed by atoms with Crippen LogP contribution in [0.25, 0.3) is 0 Å². The molecule has 0 radical (unpaired) electrons. The van der Waals surface area contributed by atoms with Crippen LogP contribution in [0.2, 0.25) is 0 Å². The molecule has 2 rings (SSSR count). The van der Waals surface area contributed by atoms with E-state index in [0.29, 0.717) is 12.1 Å². The molecule has 1 amide bonds. The van der Waals surface area contributed by atoms with Gasteiger partial charge < -0.3 is 10.6 Å². The van der Waals surface area contributed by atoms with Crippen LogP contribution in [-0.4, -0.2) is 12.5 Å². The minimum absolute atomic E-state index is 0.0164. The summed E-state index contributed by atoms with van der Waals surface area (Å²) in [4.78, 5) is 11.7. The Morgan fingerprint density at radius 1 is 0.909 bits per heavy atom. The highest BCUT2D eigenvalue weighted by Crippen LogP contribution is 2.09. The van der Waals surface area contributed by atoms with E-state index < -0.39 is 0 Å². The van der Waals surface area contributed by atoms with Gasteiger partial charge in [-0.05, 0) is 44.0 Å². The number of rotatable bonds is 6. The topological polar surface area (TPSA) is 41.1 Å². The second-order valence-corrected chi connectivity index (χ2v) is 5.66. The second kappa shape index (κ2) is 7.76. The molecule has 0 atom stereocenters. The van der Waals surface area contributed by atoms with Crippen LogP contribution < -0.4 is 10.6 Å². The van der Waals surface area contributed by atoms with E-state index in [1.54, 1.807) is 0 Å². The standard InChI is InChI=1S/C19H24N2O/c1-4-21-19(22)18-7-5-16(6-8-18)12-20-13-17-10-14(2)9-15(3)11-17/h5-11,20H,4,12-13H2,1-3H3,(H,21,22). The van der Waals surface area contributed by atoms with E-state index in [1.807, 2.05) is 31.2 Å². The van der Waals surface area contributed by atoms with Crippen LogP contribution in [0.3, 0.4) is 0 Å². The molecule has 0 saturated carbocycles. The van der Waals surface area contributed by atoms with Crippen molar-refractivity contribution in [1.29, 1.82) is 0 Å². The fourth-order valence-corrected chi connectivity index (χ4v) is 2.56. The molecule has 0 aliphatic carbocycles. The maximum Gasteiger partial charge on any atom is 0.251 e. The van der Waals surface area contributed by atoms with E-state index in [4.69, 9.17) is 0 Å². The van der Waals surface area contributed by atoms with Crippen molar-refractivity contribution in [2.75, 3.05) is 6.54 Å². The predicted octanol–water partition coefficient (Wildman–Crippen LogP) is 3.34. The lowest BCUT2D eigenvalue weighted by atomic mass is 10.1. The molecule has 0 bridgehead atoms. The number of amides is 1. The minimum atomic E-state index is -0.0164. The van der Waals surface area contributed by atoms with E-state index in [1.165, 1.54) is 22.3 Å². The van der Waals surface area contributed by atoms with E-state index >= 15 is 0 Å². The average molecular weight is 296 g/mol. The van der Waals surface area contributed by atoms with E-state index in [0.717, 1.165) is 13.1 Å². The third-order valence-electron chi connectivity index (χ3n) is 3.49. The summed E-state index contributed by atoms with van der Waals surface area (Å²) in [5.74, 6) is -0.0164. The summed E-state index contributed by atoms with van der Waals surface area (Å²) in [6, 6.07) is 14.3. The van der Waals surface area contributed by atoms with E-state index in [2.05, 4.69) is 42.7 Å². The van der Waals surface area contributed by atoms with Crippen molar-refractivity contribution in [2.24, 2.45) is 0 Å². The second-order valence-electron chi connectivity index (χ2n) is 5.66.